The van der Waals surface area contributed by atoms with Gasteiger partial charge < -0.3 is 20.4 Å². The Labute approximate surface area is 140 Å². The van der Waals surface area contributed by atoms with Crippen LogP contribution < -0.4 is 0 Å². The molecule has 5 nitrogen and oxygen atoms in total. The van der Waals surface area contributed by atoms with Crippen LogP contribution in [-0.2, 0) is 0 Å². The number of benzene rings is 1. The molecule has 0 aromatic heterocycles. The largest absolute Gasteiger partial charge is 0.504 e. The standard InChI is InChI=1S/C7H6O5.La.Nd/c8-4-1-3(7(11)12)2-5(9)6(4)10;;/h1-2,8-10H,(H,11,12);;. The maximum atomic E-state index is 10.3. The van der Waals surface area contributed by atoms with Crippen molar-refractivity contribution >= 4 is 5.97 Å². The van der Waals surface area contributed by atoms with Crippen molar-refractivity contribution < 1.29 is 102 Å². The number of carboxylic acid groups (broad SMARTS) is 1. The zero-order valence-corrected chi connectivity index (χ0v) is 13.8. The molecule has 0 spiro atoms. The van der Waals surface area contributed by atoms with Crippen LogP contribution in [0.5, 0.6) is 17.2 Å². The molecule has 1 aromatic rings. The smallest absolute Gasteiger partial charge is 0.335 e. The van der Waals surface area contributed by atoms with E-state index in [0.717, 1.165) is 12.1 Å². The average Bonchev–Trinajstić information content (AvgIpc) is 1.99. The maximum absolute atomic E-state index is 10.3. The quantitative estimate of drug-likeness (QED) is 0.465. The molecule has 1 rings (SSSR count). The Morgan fingerprint density at radius 1 is 1.07 bits per heavy atom. The summed E-state index contributed by atoms with van der Waals surface area (Å²) < 4.78 is 0. The van der Waals surface area contributed by atoms with E-state index in [4.69, 9.17) is 20.4 Å². The molecule has 0 aliphatic carbocycles. The van der Waals surface area contributed by atoms with Crippen LogP contribution in [0.25, 0.3) is 0 Å². The molecule has 0 aliphatic rings. The van der Waals surface area contributed by atoms with E-state index in [0.29, 0.717) is 0 Å². The Morgan fingerprint density at radius 3 is 1.71 bits per heavy atom. The van der Waals surface area contributed by atoms with Gasteiger partial charge in [0.05, 0.1) is 5.56 Å². The molecule has 0 heterocycles. The minimum atomic E-state index is -1.29. The molecule has 0 amide bonds. The third kappa shape index (κ3) is 4.02. The fraction of sp³-hybridized carbons (Fsp3) is 0. The number of hydrogen-bond acceptors (Lipinski definition) is 4. The number of hydrogen-bond donors (Lipinski definition) is 4. The Balaban J connectivity index is 0. The molecule has 0 atom stereocenters. The van der Waals surface area contributed by atoms with E-state index in [2.05, 4.69) is 0 Å². The predicted molar refractivity (Wildman–Crippen MR) is 38.4 cm³/mol. The summed E-state index contributed by atoms with van der Waals surface area (Å²) in [5.74, 6) is -3.33. The monoisotopic (exact) mass is 451 g/mol. The first-order valence-electron chi connectivity index (χ1n) is 3.00. The first-order valence-corrected chi connectivity index (χ1v) is 3.00. The van der Waals surface area contributed by atoms with Crippen molar-refractivity contribution in [2.24, 2.45) is 0 Å². The van der Waals surface area contributed by atoms with Crippen LogP contribution in [0.15, 0.2) is 12.1 Å². The van der Waals surface area contributed by atoms with Gasteiger partial charge in [-0.15, -0.1) is 0 Å². The summed E-state index contributed by atoms with van der Waals surface area (Å²) in [6.07, 6.45) is 0. The van der Waals surface area contributed by atoms with Gasteiger partial charge in [0, 0.05) is 76.4 Å². The number of phenolic OH excluding ortho intramolecular Hbond substituents is 3. The molecule has 0 saturated carbocycles. The molecule has 71 valence electrons. The Bertz CT molecular complexity index is 318. The third-order valence-corrected chi connectivity index (χ3v) is 1.32. The molecule has 7 heteroatoms. The molecule has 0 bridgehead atoms. The van der Waals surface area contributed by atoms with Gasteiger partial charge in [0.2, 0.25) is 0 Å². The Morgan fingerprint density at radius 2 is 1.43 bits per heavy atom. The van der Waals surface area contributed by atoms with Crippen molar-refractivity contribution in [1.29, 1.82) is 0 Å². The van der Waals surface area contributed by atoms with Gasteiger partial charge in [0.25, 0.3) is 0 Å². The number of carboxylic acids is 1. The van der Waals surface area contributed by atoms with Gasteiger partial charge in [-0.2, -0.15) is 0 Å². The molecule has 1 radical (unpaired) electrons. The van der Waals surface area contributed by atoms with E-state index < -0.39 is 23.2 Å². The fourth-order valence-electron chi connectivity index (χ4n) is 0.728. The number of rotatable bonds is 1. The summed E-state index contributed by atoms with van der Waals surface area (Å²) in [5.41, 5.74) is -0.289. The second kappa shape index (κ2) is 7.00. The molecule has 14 heavy (non-hydrogen) atoms. The second-order valence-electron chi connectivity index (χ2n) is 2.17. The van der Waals surface area contributed by atoms with Crippen LogP contribution in [0, 0.1) is 76.4 Å². The normalized spacial score (nSPS) is 8.29. The summed E-state index contributed by atoms with van der Waals surface area (Å²) in [5, 5.41) is 35.0. The van der Waals surface area contributed by atoms with E-state index in [1.54, 1.807) is 0 Å². The first kappa shape index (κ1) is 17.0. The molecular formula is C7H6LaNdO5. The summed E-state index contributed by atoms with van der Waals surface area (Å²) in [6, 6.07) is 1.69. The molecule has 0 fully saturated rings. The van der Waals surface area contributed by atoms with Gasteiger partial charge in [0.15, 0.2) is 17.2 Å². The molecular weight excluding hydrogens is 447 g/mol. The first-order chi connectivity index (χ1) is 5.52. The van der Waals surface area contributed by atoms with Gasteiger partial charge >= 0.3 is 5.97 Å². The van der Waals surface area contributed by atoms with Gasteiger partial charge in [-0.05, 0) is 12.1 Å². The molecule has 0 aliphatic heterocycles. The van der Waals surface area contributed by atoms with E-state index in [9.17, 15) is 4.79 Å². The summed E-state index contributed by atoms with van der Waals surface area (Å²) in [7, 11) is 0. The number of aromatic carboxylic acids is 1. The maximum Gasteiger partial charge on any atom is 0.335 e. The van der Waals surface area contributed by atoms with Crippen LogP contribution in [0.1, 0.15) is 10.4 Å². The molecule has 4 N–H and O–H groups in total. The fourth-order valence-corrected chi connectivity index (χ4v) is 0.728. The zero-order valence-electron chi connectivity index (χ0n) is 6.93. The Hall–Kier alpha value is 0.635. The van der Waals surface area contributed by atoms with Gasteiger partial charge in [-0.1, -0.05) is 0 Å². The van der Waals surface area contributed by atoms with Crippen molar-refractivity contribution in [2.75, 3.05) is 0 Å². The van der Waals surface area contributed by atoms with Crippen molar-refractivity contribution in [3.63, 3.8) is 0 Å². The second-order valence-corrected chi connectivity index (χ2v) is 2.17. The summed E-state index contributed by atoms with van der Waals surface area (Å²) in [6.45, 7) is 0. The number of aromatic hydroxyl groups is 3. The van der Waals surface area contributed by atoms with Crippen molar-refractivity contribution in [2.45, 2.75) is 0 Å². The molecule has 0 saturated heterocycles. The number of phenols is 3. The van der Waals surface area contributed by atoms with Crippen molar-refractivity contribution in [3.05, 3.63) is 17.7 Å². The number of carbonyl (C=O) groups is 1. The SMILES string of the molecule is O=C(O)c1cc(O)c(O)c(O)c1.[La].[Nd]. The van der Waals surface area contributed by atoms with E-state index >= 15 is 0 Å². The van der Waals surface area contributed by atoms with Crippen LogP contribution in [0.4, 0.5) is 0 Å². The minimum Gasteiger partial charge on any atom is -0.504 e. The van der Waals surface area contributed by atoms with Crippen molar-refractivity contribution in [3.8, 4) is 17.2 Å². The van der Waals surface area contributed by atoms with E-state index in [-0.39, 0.29) is 82.0 Å². The van der Waals surface area contributed by atoms with Crippen LogP contribution >= 0.6 is 0 Å². The Kier molecular flexibility index (Phi) is 8.52. The molecule has 1 aromatic carbocycles. The van der Waals surface area contributed by atoms with Crippen molar-refractivity contribution in [1.82, 2.24) is 0 Å². The summed E-state index contributed by atoms with van der Waals surface area (Å²) >= 11 is 0. The van der Waals surface area contributed by atoms with E-state index in [1.807, 2.05) is 0 Å². The van der Waals surface area contributed by atoms with E-state index in [1.165, 1.54) is 0 Å². The predicted octanol–water partition coefficient (Wildman–Crippen LogP) is 0.502. The van der Waals surface area contributed by atoms with Gasteiger partial charge in [-0.25, -0.2) is 4.79 Å². The summed E-state index contributed by atoms with van der Waals surface area (Å²) in [4.78, 5) is 10.3. The third-order valence-electron chi connectivity index (χ3n) is 1.32. The zero-order chi connectivity index (χ0) is 9.30. The molecule has 0 unspecified atom stereocenters. The average molecular weight is 453 g/mol. The van der Waals surface area contributed by atoms with Gasteiger partial charge in [0.1, 0.15) is 0 Å². The van der Waals surface area contributed by atoms with Crippen LogP contribution in [-0.4, -0.2) is 26.4 Å². The van der Waals surface area contributed by atoms with Gasteiger partial charge in [-0.3, -0.25) is 0 Å². The minimum absolute atomic E-state index is 0. The topological polar surface area (TPSA) is 98.0 Å². The van der Waals surface area contributed by atoms with Crippen LogP contribution in [0.2, 0.25) is 0 Å². The van der Waals surface area contributed by atoms with Crippen LogP contribution in [0.3, 0.4) is 0 Å².